The van der Waals surface area contributed by atoms with Crippen LogP contribution in [0.25, 0.3) is 0 Å². The van der Waals surface area contributed by atoms with Gasteiger partial charge in [-0.25, -0.2) is 0 Å². The summed E-state index contributed by atoms with van der Waals surface area (Å²) in [7, 11) is 0. The maximum atomic E-state index is 10.5. The quantitative estimate of drug-likeness (QED) is 0.665. The van der Waals surface area contributed by atoms with Crippen molar-refractivity contribution in [2.45, 2.75) is 20.8 Å². The minimum atomic E-state index is 0.655. The minimum absolute atomic E-state index is 0.655. The molecule has 0 saturated carbocycles. The van der Waals surface area contributed by atoms with Crippen LogP contribution in [0.3, 0.4) is 0 Å². The van der Waals surface area contributed by atoms with Gasteiger partial charge in [0.1, 0.15) is 12.0 Å². The minimum Gasteiger partial charge on any atom is -0.493 e. The summed E-state index contributed by atoms with van der Waals surface area (Å²) in [5.74, 6) is 0.896. The highest BCUT2D eigenvalue weighted by Crippen LogP contribution is 2.23. The van der Waals surface area contributed by atoms with Crippen LogP contribution in [0.5, 0.6) is 5.75 Å². The summed E-state index contributed by atoms with van der Waals surface area (Å²) in [6.07, 6.45) is 0.857. The van der Waals surface area contributed by atoms with Crippen molar-refractivity contribution < 1.29 is 9.53 Å². The monoisotopic (exact) mass is 178 g/mol. The molecule has 0 aliphatic heterocycles. The van der Waals surface area contributed by atoms with Crippen LogP contribution in [-0.4, -0.2) is 12.9 Å². The van der Waals surface area contributed by atoms with E-state index in [1.807, 2.05) is 32.9 Å². The van der Waals surface area contributed by atoms with Crippen LogP contribution in [0.4, 0.5) is 0 Å². The van der Waals surface area contributed by atoms with E-state index in [0.717, 1.165) is 23.2 Å². The number of hydrogen-bond donors (Lipinski definition) is 0. The fraction of sp³-hybridized carbons (Fsp3) is 0.364. The van der Waals surface area contributed by atoms with E-state index >= 15 is 0 Å². The van der Waals surface area contributed by atoms with Crippen LogP contribution in [0.1, 0.15) is 28.4 Å². The van der Waals surface area contributed by atoms with E-state index in [-0.39, 0.29) is 0 Å². The highest BCUT2D eigenvalue weighted by Gasteiger charge is 2.04. The molecule has 2 heteroatoms. The van der Waals surface area contributed by atoms with Gasteiger partial charge in [-0.15, -0.1) is 0 Å². The molecule has 1 rings (SSSR count). The number of benzene rings is 1. The molecule has 1 aromatic carbocycles. The maximum Gasteiger partial charge on any atom is 0.150 e. The fourth-order valence-corrected chi connectivity index (χ4v) is 1.42. The van der Waals surface area contributed by atoms with Gasteiger partial charge in [-0.3, -0.25) is 4.79 Å². The summed E-state index contributed by atoms with van der Waals surface area (Å²) in [6, 6.07) is 3.68. The van der Waals surface area contributed by atoms with Gasteiger partial charge in [0.15, 0.2) is 0 Å². The molecular formula is C11H14O2. The predicted octanol–water partition coefficient (Wildman–Crippen LogP) is 2.51. The number of carbonyl (C=O) groups excluding carboxylic acids is 1. The Morgan fingerprint density at radius 1 is 1.31 bits per heavy atom. The molecule has 0 fully saturated rings. The van der Waals surface area contributed by atoms with Crippen LogP contribution in [0.2, 0.25) is 0 Å². The van der Waals surface area contributed by atoms with Crippen molar-refractivity contribution in [3.63, 3.8) is 0 Å². The van der Waals surface area contributed by atoms with Crippen molar-refractivity contribution in [2.24, 2.45) is 0 Å². The largest absolute Gasteiger partial charge is 0.493 e. The Bertz CT molecular complexity index is 293. The van der Waals surface area contributed by atoms with E-state index in [4.69, 9.17) is 4.74 Å². The highest BCUT2D eigenvalue weighted by molar-refractivity contribution is 5.76. The Morgan fingerprint density at radius 3 is 2.23 bits per heavy atom. The molecule has 0 unspecified atom stereocenters. The van der Waals surface area contributed by atoms with Crippen molar-refractivity contribution >= 4 is 6.29 Å². The van der Waals surface area contributed by atoms with Gasteiger partial charge in [-0.2, -0.15) is 0 Å². The zero-order valence-corrected chi connectivity index (χ0v) is 8.26. The standard InChI is InChI=1S/C11H14O2/c1-4-13-11-8(2)5-10(7-12)6-9(11)3/h5-7H,4H2,1-3H3. The molecule has 0 aliphatic rings. The molecule has 0 spiro atoms. The number of aldehydes is 1. The van der Waals surface area contributed by atoms with Gasteiger partial charge < -0.3 is 4.74 Å². The van der Waals surface area contributed by atoms with Crippen molar-refractivity contribution in [2.75, 3.05) is 6.61 Å². The molecule has 0 radical (unpaired) electrons. The second-order valence-electron chi connectivity index (χ2n) is 3.03. The normalized spacial score (nSPS) is 9.77. The smallest absolute Gasteiger partial charge is 0.150 e. The fourth-order valence-electron chi connectivity index (χ4n) is 1.42. The Morgan fingerprint density at radius 2 is 1.85 bits per heavy atom. The topological polar surface area (TPSA) is 26.3 Å². The van der Waals surface area contributed by atoms with E-state index in [1.54, 1.807) is 0 Å². The van der Waals surface area contributed by atoms with Gasteiger partial charge in [-0.1, -0.05) is 0 Å². The lowest BCUT2D eigenvalue weighted by atomic mass is 10.1. The van der Waals surface area contributed by atoms with E-state index in [1.165, 1.54) is 0 Å². The first-order valence-electron chi connectivity index (χ1n) is 4.38. The highest BCUT2D eigenvalue weighted by atomic mass is 16.5. The number of rotatable bonds is 3. The van der Waals surface area contributed by atoms with Gasteiger partial charge >= 0.3 is 0 Å². The summed E-state index contributed by atoms with van der Waals surface area (Å²) in [5.41, 5.74) is 2.74. The molecule has 0 atom stereocenters. The Kier molecular flexibility index (Phi) is 3.07. The number of hydrogen-bond acceptors (Lipinski definition) is 2. The first-order valence-corrected chi connectivity index (χ1v) is 4.38. The molecule has 0 heterocycles. The molecule has 0 amide bonds. The Balaban J connectivity index is 3.14. The third-order valence-electron chi connectivity index (χ3n) is 1.91. The molecule has 13 heavy (non-hydrogen) atoms. The molecule has 0 bridgehead atoms. The zero-order valence-electron chi connectivity index (χ0n) is 8.26. The average Bonchev–Trinajstić information content (AvgIpc) is 2.11. The molecule has 0 aromatic heterocycles. The van der Waals surface area contributed by atoms with Crippen LogP contribution >= 0.6 is 0 Å². The van der Waals surface area contributed by atoms with Crippen molar-refractivity contribution in [3.8, 4) is 5.75 Å². The first-order chi connectivity index (χ1) is 6.19. The van der Waals surface area contributed by atoms with Crippen molar-refractivity contribution in [1.29, 1.82) is 0 Å². The number of aryl methyl sites for hydroxylation is 2. The second-order valence-corrected chi connectivity index (χ2v) is 3.03. The third-order valence-corrected chi connectivity index (χ3v) is 1.91. The van der Waals surface area contributed by atoms with Crippen LogP contribution in [0, 0.1) is 13.8 Å². The van der Waals surface area contributed by atoms with E-state index < -0.39 is 0 Å². The maximum absolute atomic E-state index is 10.5. The Hall–Kier alpha value is -1.31. The van der Waals surface area contributed by atoms with Gasteiger partial charge in [-0.05, 0) is 44.0 Å². The second kappa shape index (κ2) is 4.08. The molecule has 0 saturated heterocycles. The van der Waals surface area contributed by atoms with Crippen molar-refractivity contribution in [1.82, 2.24) is 0 Å². The van der Waals surface area contributed by atoms with Crippen LogP contribution < -0.4 is 4.74 Å². The molecule has 2 nitrogen and oxygen atoms in total. The zero-order chi connectivity index (χ0) is 9.84. The summed E-state index contributed by atoms with van der Waals surface area (Å²) >= 11 is 0. The summed E-state index contributed by atoms with van der Waals surface area (Å²) in [4.78, 5) is 10.5. The van der Waals surface area contributed by atoms with E-state index in [2.05, 4.69) is 0 Å². The summed E-state index contributed by atoms with van der Waals surface area (Å²) in [6.45, 7) is 6.50. The number of carbonyl (C=O) groups is 1. The lowest BCUT2D eigenvalue weighted by Gasteiger charge is -2.10. The molecule has 0 aliphatic carbocycles. The molecule has 0 N–H and O–H groups in total. The summed E-state index contributed by atoms with van der Waals surface area (Å²) < 4.78 is 5.45. The number of ether oxygens (including phenoxy) is 1. The van der Waals surface area contributed by atoms with E-state index in [9.17, 15) is 4.79 Å². The summed E-state index contributed by atoms with van der Waals surface area (Å²) in [5, 5.41) is 0. The van der Waals surface area contributed by atoms with Gasteiger partial charge in [0.25, 0.3) is 0 Å². The van der Waals surface area contributed by atoms with Gasteiger partial charge in [0, 0.05) is 5.56 Å². The lowest BCUT2D eigenvalue weighted by Crippen LogP contribution is -1.97. The molecular weight excluding hydrogens is 164 g/mol. The lowest BCUT2D eigenvalue weighted by molar-refractivity contribution is 0.112. The third kappa shape index (κ3) is 2.08. The van der Waals surface area contributed by atoms with Crippen LogP contribution in [0.15, 0.2) is 12.1 Å². The van der Waals surface area contributed by atoms with Gasteiger partial charge in [0.05, 0.1) is 6.61 Å². The predicted molar refractivity (Wildman–Crippen MR) is 52.5 cm³/mol. The van der Waals surface area contributed by atoms with E-state index in [0.29, 0.717) is 12.2 Å². The van der Waals surface area contributed by atoms with Crippen LogP contribution in [-0.2, 0) is 0 Å². The molecule has 1 aromatic rings. The average molecular weight is 178 g/mol. The molecule has 70 valence electrons. The van der Waals surface area contributed by atoms with Crippen molar-refractivity contribution in [3.05, 3.63) is 28.8 Å². The van der Waals surface area contributed by atoms with Gasteiger partial charge in [0.2, 0.25) is 0 Å². The first kappa shape index (κ1) is 9.78. The Labute approximate surface area is 78.5 Å². The SMILES string of the molecule is CCOc1c(C)cc(C=O)cc1C.